The van der Waals surface area contributed by atoms with Crippen LogP contribution in [0.2, 0.25) is 0 Å². The molecule has 7 heteroatoms. The van der Waals surface area contributed by atoms with Crippen LogP contribution in [0.4, 0.5) is 5.69 Å². The fraction of sp³-hybridized carbons (Fsp3) is 0.400. The van der Waals surface area contributed by atoms with Crippen molar-refractivity contribution in [3.63, 3.8) is 0 Å². The highest BCUT2D eigenvalue weighted by Crippen LogP contribution is 2.23. The molecule has 0 unspecified atom stereocenters. The zero-order valence-corrected chi connectivity index (χ0v) is 10.9. The molecule has 0 aliphatic heterocycles. The predicted molar refractivity (Wildman–Crippen MR) is 66.8 cm³/mol. The zero-order valence-electron chi connectivity index (χ0n) is 9.31. The van der Waals surface area contributed by atoms with Gasteiger partial charge in [0.2, 0.25) is 10.0 Å². The van der Waals surface area contributed by atoms with E-state index in [1.54, 1.807) is 12.1 Å². The van der Waals surface area contributed by atoms with E-state index >= 15 is 0 Å². The third kappa shape index (κ3) is 4.07. The first-order chi connectivity index (χ1) is 8.02. The quantitative estimate of drug-likeness (QED) is 0.774. The molecule has 0 spiro atoms. The zero-order chi connectivity index (χ0) is 12.9. The van der Waals surface area contributed by atoms with Crippen LogP contribution in [0.15, 0.2) is 18.2 Å². The maximum absolute atomic E-state index is 11.2. The van der Waals surface area contributed by atoms with Crippen molar-refractivity contribution < 1.29 is 18.3 Å². The number of alkyl halides is 1. The van der Waals surface area contributed by atoms with Crippen LogP contribution in [0.25, 0.3) is 0 Å². The molecule has 0 atom stereocenters. The largest absolute Gasteiger partial charge is 0.494 e. The summed E-state index contributed by atoms with van der Waals surface area (Å²) in [6.07, 6.45) is 0. The number of rotatable bonds is 6. The van der Waals surface area contributed by atoms with Crippen molar-refractivity contribution in [2.45, 2.75) is 13.5 Å². The van der Waals surface area contributed by atoms with E-state index in [9.17, 15) is 8.42 Å². The third-order valence-electron chi connectivity index (χ3n) is 1.95. The van der Waals surface area contributed by atoms with E-state index in [0.29, 0.717) is 23.6 Å². The highest BCUT2D eigenvalue weighted by molar-refractivity contribution is 7.93. The molecule has 0 bridgehead atoms. The molecule has 1 rings (SSSR count). The second-order valence-corrected chi connectivity index (χ2v) is 5.55. The molecule has 0 saturated heterocycles. The van der Waals surface area contributed by atoms with Gasteiger partial charge in [-0.25, -0.2) is 8.42 Å². The number of aliphatic hydroxyl groups is 1. The van der Waals surface area contributed by atoms with Gasteiger partial charge in [-0.2, -0.15) is 0 Å². The Bertz CT molecular complexity index is 475. The summed E-state index contributed by atoms with van der Waals surface area (Å²) < 4.78 is 30.0. The molecule has 1 aromatic carbocycles. The second-order valence-electron chi connectivity index (χ2n) is 3.24. The lowest BCUT2D eigenvalue weighted by atomic mass is 10.2. The van der Waals surface area contributed by atoms with Crippen molar-refractivity contribution in [1.29, 1.82) is 0 Å². The predicted octanol–water partition coefficient (Wildman–Crippen LogP) is 1.52. The molecule has 0 aromatic heterocycles. The molecule has 0 aliphatic rings. The van der Waals surface area contributed by atoms with E-state index in [4.69, 9.17) is 21.4 Å². The molecular weight excluding hydrogens is 266 g/mol. The Morgan fingerprint density at radius 3 is 2.71 bits per heavy atom. The van der Waals surface area contributed by atoms with Gasteiger partial charge in [-0.3, -0.25) is 4.72 Å². The minimum absolute atomic E-state index is 0.230. The van der Waals surface area contributed by atoms with Crippen molar-refractivity contribution in [1.82, 2.24) is 0 Å². The molecular formula is C10H14ClNO4S. The first-order valence-corrected chi connectivity index (χ1v) is 7.14. The lowest BCUT2D eigenvalue weighted by Crippen LogP contribution is -2.13. The molecule has 0 radical (unpaired) electrons. The van der Waals surface area contributed by atoms with Gasteiger partial charge in [0.15, 0.2) is 0 Å². The molecule has 1 aromatic rings. The summed E-state index contributed by atoms with van der Waals surface area (Å²) in [6, 6.07) is 4.66. The van der Waals surface area contributed by atoms with E-state index in [2.05, 4.69) is 4.72 Å². The topological polar surface area (TPSA) is 75.6 Å². The number of aliphatic hydroxyl groups excluding tert-OH is 1. The maximum Gasteiger partial charge on any atom is 0.246 e. The van der Waals surface area contributed by atoms with Crippen LogP contribution in [0.5, 0.6) is 5.75 Å². The van der Waals surface area contributed by atoms with Gasteiger partial charge in [-0.15, -0.1) is 11.6 Å². The first-order valence-electron chi connectivity index (χ1n) is 4.95. The number of hydrogen-bond acceptors (Lipinski definition) is 4. The Morgan fingerprint density at radius 1 is 1.47 bits per heavy atom. The average Bonchev–Trinajstić information content (AvgIpc) is 2.31. The van der Waals surface area contributed by atoms with E-state index in [0.717, 1.165) is 0 Å². The Balaban J connectivity index is 2.97. The highest BCUT2D eigenvalue weighted by Gasteiger charge is 2.10. The number of sulfonamides is 1. The monoisotopic (exact) mass is 279 g/mol. The minimum atomic E-state index is -3.53. The molecule has 0 heterocycles. The summed E-state index contributed by atoms with van der Waals surface area (Å²) in [4.78, 5) is 0. The van der Waals surface area contributed by atoms with Crippen LogP contribution in [0.3, 0.4) is 0 Å². The summed E-state index contributed by atoms with van der Waals surface area (Å²) in [5.41, 5.74) is 0.861. The third-order valence-corrected chi connectivity index (χ3v) is 3.64. The summed E-state index contributed by atoms with van der Waals surface area (Å²) >= 11 is 5.27. The van der Waals surface area contributed by atoms with Crippen LogP contribution in [0, 0.1) is 0 Å². The second kappa shape index (κ2) is 6.09. The smallest absolute Gasteiger partial charge is 0.246 e. The van der Waals surface area contributed by atoms with Crippen molar-refractivity contribution in [2.24, 2.45) is 0 Å². The van der Waals surface area contributed by atoms with Gasteiger partial charge in [-0.05, 0) is 25.1 Å². The number of hydrogen-bond donors (Lipinski definition) is 2. The molecule has 0 aliphatic carbocycles. The van der Waals surface area contributed by atoms with E-state index in [-0.39, 0.29) is 6.61 Å². The summed E-state index contributed by atoms with van der Waals surface area (Å²) in [6.45, 7) is 2.07. The van der Waals surface area contributed by atoms with Crippen LogP contribution < -0.4 is 9.46 Å². The Hall–Kier alpha value is -0.980. The summed E-state index contributed by atoms with van der Waals surface area (Å²) in [5, 5.41) is 8.62. The number of benzene rings is 1. The van der Waals surface area contributed by atoms with Crippen molar-refractivity contribution in [2.75, 3.05) is 16.5 Å². The maximum atomic E-state index is 11.2. The van der Waals surface area contributed by atoms with Gasteiger partial charge in [0, 0.05) is 11.3 Å². The van der Waals surface area contributed by atoms with Crippen molar-refractivity contribution in [3.8, 4) is 5.75 Å². The van der Waals surface area contributed by atoms with Crippen molar-refractivity contribution >= 4 is 27.3 Å². The van der Waals surface area contributed by atoms with Crippen LogP contribution >= 0.6 is 11.6 Å². The molecule has 17 heavy (non-hydrogen) atoms. The Labute approximate surface area is 105 Å². The molecule has 0 fully saturated rings. The average molecular weight is 280 g/mol. The normalized spacial score (nSPS) is 11.2. The number of anilines is 1. The molecule has 2 N–H and O–H groups in total. The first kappa shape index (κ1) is 14.1. The Morgan fingerprint density at radius 2 is 2.18 bits per heavy atom. The fourth-order valence-corrected chi connectivity index (χ4v) is 1.97. The number of nitrogens with one attached hydrogen (secondary N) is 1. The van der Waals surface area contributed by atoms with Gasteiger partial charge < -0.3 is 9.84 Å². The number of ether oxygens (including phenoxy) is 1. The van der Waals surface area contributed by atoms with Crippen LogP contribution in [-0.4, -0.2) is 25.3 Å². The summed E-state index contributed by atoms with van der Waals surface area (Å²) in [5.74, 6) is 0.531. The van der Waals surface area contributed by atoms with Gasteiger partial charge in [0.1, 0.15) is 11.0 Å². The highest BCUT2D eigenvalue weighted by atomic mass is 35.5. The molecule has 96 valence electrons. The van der Waals surface area contributed by atoms with Gasteiger partial charge in [0.05, 0.1) is 13.2 Å². The molecule has 5 nitrogen and oxygen atoms in total. The fourth-order valence-electron chi connectivity index (χ4n) is 1.27. The van der Waals surface area contributed by atoms with E-state index < -0.39 is 15.2 Å². The van der Waals surface area contributed by atoms with Gasteiger partial charge >= 0.3 is 0 Å². The lowest BCUT2D eigenvalue weighted by molar-refractivity contribution is 0.267. The van der Waals surface area contributed by atoms with E-state index in [1.807, 2.05) is 6.92 Å². The standard InChI is InChI=1S/C10H14ClNO4S/c1-2-16-10-4-3-9(5-8(10)6-13)12-17(14,15)7-11/h3-5,12-13H,2,6-7H2,1H3. The molecule has 0 amide bonds. The van der Waals surface area contributed by atoms with E-state index in [1.165, 1.54) is 6.07 Å². The van der Waals surface area contributed by atoms with Gasteiger partial charge in [-0.1, -0.05) is 0 Å². The van der Waals surface area contributed by atoms with Crippen molar-refractivity contribution in [3.05, 3.63) is 23.8 Å². The van der Waals surface area contributed by atoms with Crippen LogP contribution in [0.1, 0.15) is 12.5 Å². The number of halogens is 1. The molecule has 0 saturated carbocycles. The van der Waals surface area contributed by atoms with Gasteiger partial charge in [0.25, 0.3) is 0 Å². The summed E-state index contributed by atoms with van der Waals surface area (Å²) in [7, 11) is -3.53. The Kier molecular flexibility index (Phi) is 5.04. The lowest BCUT2D eigenvalue weighted by Gasteiger charge is -2.11. The van der Waals surface area contributed by atoms with Crippen LogP contribution in [-0.2, 0) is 16.6 Å². The minimum Gasteiger partial charge on any atom is -0.494 e. The SMILES string of the molecule is CCOc1ccc(NS(=O)(=O)CCl)cc1CO.